The zero-order valence-electron chi connectivity index (χ0n) is 17.2. The van der Waals surface area contributed by atoms with E-state index in [0.717, 1.165) is 12.1 Å². The molecule has 34 heavy (non-hydrogen) atoms. The van der Waals surface area contributed by atoms with E-state index in [2.05, 4.69) is 10.2 Å². The van der Waals surface area contributed by atoms with Crippen molar-refractivity contribution >= 4 is 11.6 Å². The van der Waals surface area contributed by atoms with E-state index in [0.29, 0.717) is 33.5 Å². The Balaban J connectivity index is 1.51. The number of rotatable bonds is 4. The van der Waals surface area contributed by atoms with Crippen LogP contribution in [0, 0.1) is 0 Å². The van der Waals surface area contributed by atoms with Gasteiger partial charge in [-0.05, 0) is 41.5 Å². The Morgan fingerprint density at radius 2 is 1.68 bits per heavy atom. The number of carbonyl (C=O) groups excluding carboxylic acids is 1. The molecule has 0 fully saturated rings. The number of fused-ring (bicyclic) bond motifs is 1. The highest BCUT2D eigenvalue weighted by Gasteiger charge is 2.33. The van der Waals surface area contributed by atoms with Gasteiger partial charge in [0.1, 0.15) is 0 Å². The van der Waals surface area contributed by atoms with Gasteiger partial charge in [0, 0.05) is 16.7 Å². The van der Waals surface area contributed by atoms with Gasteiger partial charge in [0.2, 0.25) is 5.89 Å². The second-order valence-electron chi connectivity index (χ2n) is 7.61. The second kappa shape index (κ2) is 8.05. The lowest BCUT2D eigenvalue weighted by Gasteiger charge is -2.20. The maximum atomic E-state index is 13.3. The first-order chi connectivity index (χ1) is 16.2. The van der Waals surface area contributed by atoms with E-state index in [-0.39, 0.29) is 18.3 Å². The molecule has 0 bridgehead atoms. The third kappa shape index (κ3) is 3.81. The first-order valence-electron chi connectivity index (χ1n) is 10.1. The molecule has 5 nitrogen and oxygen atoms in total. The Morgan fingerprint density at radius 1 is 0.882 bits per heavy atom. The van der Waals surface area contributed by atoms with Gasteiger partial charge >= 0.3 is 12.6 Å². The van der Waals surface area contributed by atoms with Gasteiger partial charge in [0.15, 0.2) is 0 Å². The summed E-state index contributed by atoms with van der Waals surface area (Å²) in [6, 6.07) is 16.3. The summed E-state index contributed by atoms with van der Waals surface area (Å²) in [5, 5.41) is 6.90. The summed E-state index contributed by atoms with van der Waals surface area (Å²) in [7, 11) is 0. The molecular formula is C24H14F5N3O2. The van der Waals surface area contributed by atoms with Crippen LogP contribution in [-0.2, 0) is 12.7 Å². The molecule has 0 N–H and O–H groups in total. The molecule has 10 heteroatoms. The minimum atomic E-state index is -4.50. The van der Waals surface area contributed by atoms with Crippen LogP contribution in [0.1, 0.15) is 33.8 Å². The van der Waals surface area contributed by atoms with E-state index >= 15 is 0 Å². The minimum Gasteiger partial charge on any atom is -0.415 e. The Kier molecular flexibility index (Phi) is 5.15. The number of amides is 1. The Morgan fingerprint density at radius 3 is 2.41 bits per heavy atom. The topological polar surface area (TPSA) is 59.2 Å². The smallest absolute Gasteiger partial charge is 0.415 e. The van der Waals surface area contributed by atoms with Gasteiger partial charge in [0.25, 0.3) is 11.8 Å². The van der Waals surface area contributed by atoms with Gasteiger partial charge < -0.3 is 9.32 Å². The number of carbonyl (C=O) groups is 1. The van der Waals surface area contributed by atoms with Crippen LogP contribution in [0.5, 0.6) is 0 Å². The fourth-order valence-electron chi connectivity index (χ4n) is 3.88. The summed E-state index contributed by atoms with van der Waals surface area (Å²) in [4.78, 5) is 14.7. The van der Waals surface area contributed by atoms with Crippen molar-refractivity contribution in [1.29, 1.82) is 0 Å². The first kappa shape index (κ1) is 21.7. The first-order valence-corrected chi connectivity index (χ1v) is 10.1. The van der Waals surface area contributed by atoms with E-state index < -0.39 is 24.1 Å². The van der Waals surface area contributed by atoms with Crippen molar-refractivity contribution in [2.75, 3.05) is 4.90 Å². The number of hydrogen-bond acceptors (Lipinski definition) is 4. The van der Waals surface area contributed by atoms with Crippen molar-refractivity contribution in [2.45, 2.75) is 19.1 Å². The molecule has 0 spiro atoms. The largest absolute Gasteiger partial charge is 0.416 e. The summed E-state index contributed by atoms with van der Waals surface area (Å²) in [6.07, 6.45) is -7.42. The molecule has 3 aromatic carbocycles. The summed E-state index contributed by atoms with van der Waals surface area (Å²) >= 11 is 0. The van der Waals surface area contributed by atoms with Crippen LogP contribution < -0.4 is 4.90 Å². The number of para-hydroxylation sites is 1. The molecule has 1 aliphatic heterocycles. The average molecular weight is 471 g/mol. The van der Waals surface area contributed by atoms with Gasteiger partial charge in [-0.3, -0.25) is 4.79 Å². The molecule has 2 heterocycles. The molecule has 0 atom stereocenters. The van der Waals surface area contributed by atoms with Crippen LogP contribution in [0.4, 0.5) is 27.6 Å². The lowest BCUT2D eigenvalue weighted by atomic mass is 10.0. The standard InChI is InChI=1S/C24H14F5N3O2/c25-20(26)22-31-30-21(34-22)14-8-9-15-12-32(23(33)18(15)11-14)19-7-2-1-6-17(19)13-4-3-5-16(10-13)24(27,28)29/h1-11,20H,12H2. The van der Waals surface area contributed by atoms with E-state index in [1.54, 1.807) is 42.5 Å². The molecule has 0 saturated heterocycles. The van der Waals surface area contributed by atoms with Crippen molar-refractivity contribution in [3.05, 3.63) is 89.3 Å². The number of alkyl halides is 5. The highest BCUT2D eigenvalue weighted by atomic mass is 19.4. The van der Waals surface area contributed by atoms with Crippen molar-refractivity contribution < 1.29 is 31.2 Å². The van der Waals surface area contributed by atoms with Crippen LogP contribution in [0.2, 0.25) is 0 Å². The zero-order valence-corrected chi connectivity index (χ0v) is 17.2. The van der Waals surface area contributed by atoms with E-state index in [1.165, 1.54) is 17.0 Å². The minimum absolute atomic E-state index is 0.145. The second-order valence-corrected chi connectivity index (χ2v) is 7.61. The average Bonchev–Trinajstić information content (AvgIpc) is 3.44. The van der Waals surface area contributed by atoms with Crippen LogP contribution in [-0.4, -0.2) is 16.1 Å². The van der Waals surface area contributed by atoms with Crippen LogP contribution in [0.25, 0.3) is 22.6 Å². The predicted molar refractivity (Wildman–Crippen MR) is 112 cm³/mol. The third-order valence-electron chi connectivity index (χ3n) is 5.48. The molecule has 1 aromatic heterocycles. The van der Waals surface area contributed by atoms with Gasteiger partial charge in [-0.25, -0.2) is 0 Å². The van der Waals surface area contributed by atoms with Crippen molar-refractivity contribution in [2.24, 2.45) is 0 Å². The number of anilines is 1. The van der Waals surface area contributed by atoms with Gasteiger partial charge in [-0.15, -0.1) is 10.2 Å². The van der Waals surface area contributed by atoms with Crippen molar-refractivity contribution in [3.63, 3.8) is 0 Å². The number of aromatic nitrogens is 2. The Bertz CT molecular complexity index is 1400. The molecule has 5 rings (SSSR count). The fraction of sp³-hybridized carbons (Fsp3) is 0.125. The fourth-order valence-corrected chi connectivity index (χ4v) is 3.88. The normalized spacial score (nSPS) is 13.6. The van der Waals surface area contributed by atoms with E-state index in [1.807, 2.05) is 0 Å². The zero-order chi connectivity index (χ0) is 24.0. The Labute approximate surface area is 189 Å². The van der Waals surface area contributed by atoms with E-state index in [4.69, 9.17) is 4.42 Å². The van der Waals surface area contributed by atoms with Crippen LogP contribution >= 0.6 is 0 Å². The molecule has 1 amide bonds. The number of halogens is 5. The van der Waals surface area contributed by atoms with Crippen LogP contribution in [0.3, 0.4) is 0 Å². The van der Waals surface area contributed by atoms with Crippen molar-refractivity contribution in [3.8, 4) is 22.6 Å². The third-order valence-corrected chi connectivity index (χ3v) is 5.48. The molecule has 0 saturated carbocycles. The monoisotopic (exact) mass is 471 g/mol. The van der Waals surface area contributed by atoms with Crippen molar-refractivity contribution in [1.82, 2.24) is 10.2 Å². The van der Waals surface area contributed by atoms with Crippen LogP contribution in [0.15, 0.2) is 71.1 Å². The number of hydrogen-bond donors (Lipinski definition) is 0. The molecule has 1 aliphatic rings. The number of nitrogens with zero attached hydrogens (tertiary/aromatic N) is 3. The molecule has 4 aromatic rings. The lowest BCUT2D eigenvalue weighted by molar-refractivity contribution is -0.137. The molecule has 0 unspecified atom stereocenters. The van der Waals surface area contributed by atoms with E-state index in [9.17, 15) is 26.7 Å². The Hall–Kier alpha value is -4.08. The summed E-state index contributed by atoms with van der Waals surface area (Å²) < 4.78 is 70.2. The molecule has 172 valence electrons. The maximum absolute atomic E-state index is 13.3. The highest BCUT2D eigenvalue weighted by molar-refractivity contribution is 6.12. The predicted octanol–water partition coefficient (Wildman–Crippen LogP) is 6.52. The van der Waals surface area contributed by atoms with Gasteiger partial charge in [-0.2, -0.15) is 22.0 Å². The summed E-state index contributed by atoms with van der Waals surface area (Å²) in [5.41, 5.74) is 1.73. The van der Waals surface area contributed by atoms with Gasteiger partial charge in [0.05, 0.1) is 17.8 Å². The quantitative estimate of drug-likeness (QED) is 0.318. The SMILES string of the molecule is O=C1c2cc(-c3nnc(C(F)F)o3)ccc2CN1c1ccccc1-c1cccc(C(F)(F)F)c1. The number of benzene rings is 3. The summed E-state index contributed by atoms with van der Waals surface area (Å²) in [6.45, 7) is 0.191. The molecule has 0 radical (unpaired) electrons. The molecular weight excluding hydrogens is 457 g/mol. The molecule has 0 aliphatic carbocycles. The summed E-state index contributed by atoms with van der Waals surface area (Å²) in [5.74, 6) is -1.35. The highest BCUT2D eigenvalue weighted by Crippen LogP contribution is 2.39. The lowest BCUT2D eigenvalue weighted by Crippen LogP contribution is -2.23. The maximum Gasteiger partial charge on any atom is 0.416 e. The van der Waals surface area contributed by atoms with Gasteiger partial charge in [-0.1, -0.05) is 36.4 Å².